The predicted octanol–water partition coefficient (Wildman–Crippen LogP) is 3.54. The lowest BCUT2D eigenvalue weighted by Crippen LogP contribution is -2.47. The molecule has 2 aromatic rings. The number of esters is 1. The molecule has 0 bridgehead atoms. The van der Waals surface area contributed by atoms with Crippen LogP contribution in [-0.2, 0) is 25.8 Å². The molecule has 0 aromatic heterocycles. The number of hydrogen-bond acceptors (Lipinski definition) is 6. The molecule has 2 aromatic carbocycles. The SMILES string of the molecule is CCOc1ccc([C@@H]2NC(=O)NC(CS(=O)(=O)c3ccc(CC(C)C)cc3)=C2C(=O)OC)cc1. The van der Waals surface area contributed by atoms with E-state index >= 15 is 0 Å². The number of urea groups is 1. The first-order valence-electron chi connectivity index (χ1n) is 11.1. The van der Waals surface area contributed by atoms with Crippen LogP contribution in [0.1, 0.15) is 37.9 Å². The number of sulfone groups is 1. The summed E-state index contributed by atoms with van der Waals surface area (Å²) in [6, 6.07) is 12.1. The first kappa shape index (κ1) is 25.3. The minimum Gasteiger partial charge on any atom is -0.494 e. The van der Waals surface area contributed by atoms with Gasteiger partial charge in [0.25, 0.3) is 0 Å². The molecular weight excluding hydrogens is 456 g/mol. The molecule has 0 aliphatic carbocycles. The Labute approximate surface area is 200 Å². The van der Waals surface area contributed by atoms with Crippen LogP contribution >= 0.6 is 0 Å². The van der Waals surface area contributed by atoms with Crippen LogP contribution in [-0.4, -0.2) is 39.9 Å². The van der Waals surface area contributed by atoms with Gasteiger partial charge in [-0.1, -0.05) is 38.1 Å². The van der Waals surface area contributed by atoms with Crippen molar-refractivity contribution in [2.75, 3.05) is 19.5 Å². The Morgan fingerprint density at radius 3 is 2.26 bits per heavy atom. The van der Waals surface area contributed by atoms with Gasteiger partial charge in [-0.2, -0.15) is 0 Å². The molecule has 0 unspecified atom stereocenters. The van der Waals surface area contributed by atoms with Crippen molar-refractivity contribution in [1.29, 1.82) is 0 Å². The summed E-state index contributed by atoms with van der Waals surface area (Å²) in [5, 5.41) is 5.19. The Kier molecular flexibility index (Phi) is 7.98. The van der Waals surface area contributed by atoms with E-state index in [1.807, 2.05) is 6.92 Å². The first-order chi connectivity index (χ1) is 16.1. The van der Waals surface area contributed by atoms with E-state index in [1.54, 1.807) is 48.5 Å². The molecule has 1 atom stereocenters. The lowest BCUT2D eigenvalue weighted by Gasteiger charge is -2.29. The van der Waals surface area contributed by atoms with E-state index in [1.165, 1.54) is 7.11 Å². The highest BCUT2D eigenvalue weighted by molar-refractivity contribution is 7.91. The average Bonchev–Trinajstić information content (AvgIpc) is 2.78. The van der Waals surface area contributed by atoms with Gasteiger partial charge in [0.05, 0.1) is 36.0 Å². The van der Waals surface area contributed by atoms with Crippen LogP contribution in [0.25, 0.3) is 0 Å². The number of nitrogens with one attached hydrogen (secondary N) is 2. The summed E-state index contributed by atoms with van der Waals surface area (Å²) in [4.78, 5) is 25.3. The van der Waals surface area contributed by atoms with Crippen LogP contribution in [0.2, 0.25) is 0 Å². The van der Waals surface area contributed by atoms with Gasteiger partial charge in [0.15, 0.2) is 9.84 Å². The van der Waals surface area contributed by atoms with E-state index < -0.39 is 33.6 Å². The minimum atomic E-state index is -3.85. The van der Waals surface area contributed by atoms with E-state index in [4.69, 9.17) is 9.47 Å². The Morgan fingerprint density at radius 2 is 1.71 bits per heavy atom. The van der Waals surface area contributed by atoms with Gasteiger partial charge in [-0.05, 0) is 54.7 Å². The van der Waals surface area contributed by atoms with Gasteiger partial charge in [-0.3, -0.25) is 0 Å². The number of ether oxygens (including phenoxy) is 2. The van der Waals surface area contributed by atoms with E-state index in [9.17, 15) is 18.0 Å². The molecule has 0 fully saturated rings. The average molecular weight is 487 g/mol. The number of methoxy groups -OCH3 is 1. The van der Waals surface area contributed by atoms with E-state index in [0.717, 1.165) is 12.0 Å². The fourth-order valence-electron chi connectivity index (χ4n) is 3.83. The largest absolute Gasteiger partial charge is 0.494 e. The number of rotatable bonds is 9. The van der Waals surface area contributed by atoms with Crippen molar-refractivity contribution >= 4 is 21.8 Å². The van der Waals surface area contributed by atoms with Crippen molar-refractivity contribution in [3.8, 4) is 5.75 Å². The summed E-state index contributed by atoms with van der Waals surface area (Å²) in [6.07, 6.45) is 0.837. The number of amides is 2. The van der Waals surface area contributed by atoms with Crippen molar-refractivity contribution in [2.45, 2.75) is 38.1 Å². The van der Waals surface area contributed by atoms with Crippen LogP contribution < -0.4 is 15.4 Å². The fraction of sp³-hybridized carbons (Fsp3) is 0.360. The van der Waals surface area contributed by atoms with Crippen LogP contribution in [0.4, 0.5) is 4.79 Å². The van der Waals surface area contributed by atoms with Gasteiger partial charge in [-0.15, -0.1) is 0 Å². The highest BCUT2D eigenvalue weighted by Crippen LogP contribution is 2.30. The molecule has 1 heterocycles. The summed E-state index contributed by atoms with van der Waals surface area (Å²) in [7, 11) is -2.64. The molecule has 1 aliphatic rings. The maximum atomic E-state index is 13.2. The van der Waals surface area contributed by atoms with E-state index in [2.05, 4.69) is 24.5 Å². The number of carbonyl (C=O) groups is 2. The second-order valence-corrected chi connectivity index (χ2v) is 10.4. The number of hydrogen-bond donors (Lipinski definition) is 2. The molecule has 2 N–H and O–H groups in total. The van der Waals surface area contributed by atoms with Crippen molar-refractivity contribution < 1.29 is 27.5 Å². The van der Waals surface area contributed by atoms with E-state index in [0.29, 0.717) is 23.8 Å². The number of benzene rings is 2. The third-order valence-corrected chi connectivity index (χ3v) is 7.00. The zero-order valence-corrected chi connectivity index (χ0v) is 20.6. The topological polar surface area (TPSA) is 111 Å². The van der Waals surface area contributed by atoms with Crippen LogP contribution in [0.3, 0.4) is 0 Å². The van der Waals surface area contributed by atoms with Gasteiger partial charge in [-0.25, -0.2) is 18.0 Å². The van der Waals surface area contributed by atoms with Gasteiger partial charge in [0.1, 0.15) is 5.75 Å². The van der Waals surface area contributed by atoms with Crippen LogP contribution in [0.5, 0.6) is 5.75 Å². The van der Waals surface area contributed by atoms with Gasteiger partial charge in [0.2, 0.25) is 0 Å². The molecule has 9 heteroatoms. The highest BCUT2D eigenvalue weighted by atomic mass is 32.2. The minimum absolute atomic E-state index is 0.0132. The van der Waals surface area contributed by atoms with Crippen LogP contribution in [0, 0.1) is 5.92 Å². The van der Waals surface area contributed by atoms with E-state index in [-0.39, 0.29) is 16.2 Å². The maximum Gasteiger partial charge on any atom is 0.338 e. The summed E-state index contributed by atoms with van der Waals surface area (Å²) < 4.78 is 36.7. The van der Waals surface area contributed by atoms with Gasteiger partial charge >= 0.3 is 12.0 Å². The standard InChI is InChI=1S/C25H30N2O6S/c1-5-33-19-10-8-18(9-11-19)23-22(24(28)32-4)21(26-25(29)27-23)15-34(30,31)20-12-6-17(7-13-20)14-16(2)3/h6-13,16,23H,5,14-15H2,1-4H3,(H2,26,27,29)/t23-/m0/s1. The highest BCUT2D eigenvalue weighted by Gasteiger charge is 2.35. The zero-order valence-electron chi connectivity index (χ0n) is 19.8. The molecule has 182 valence electrons. The Hall–Kier alpha value is -3.33. The van der Waals surface area contributed by atoms with Gasteiger partial charge in [0, 0.05) is 5.70 Å². The normalized spacial score (nSPS) is 16.1. The predicted molar refractivity (Wildman–Crippen MR) is 128 cm³/mol. The Morgan fingerprint density at radius 1 is 1.06 bits per heavy atom. The van der Waals surface area contributed by atoms with Crippen molar-refractivity contribution in [3.05, 3.63) is 70.9 Å². The lowest BCUT2D eigenvalue weighted by atomic mass is 9.95. The van der Waals surface area contributed by atoms with Crippen molar-refractivity contribution in [1.82, 2.24) is 10.6 Å². The maximum absolute atomic E-state index is 13.2. The molecular formula is C25H30N2O6S. The molecule has 2 amide bonds. The fourth-order valence-corrected chi connectivity index (χ4v) is 5.16. The molecule has 3 rings (SSSR count). The molecule has 34 heavy (non-hydrogen) atoms. The first-order valence-corrected chi connectivity index (χ1v) is 12.7. The summed E-state index contributed by atoms with van der Waals surface area (Å²) >= 11 is 0. The number of carbonyl (C=O) groups excluding carboxylic acids is 2. The second kappa shape index (κ2) is 10.7. The summed E-state index contributed by atoms with van der Waals surface area (Å²) in [5.74, 6) is -0.204. The molecule has 0 saturated carbocycles. The summed E-state index contributed by atoms with van der Waals surface area (Å²) in [6.45, 7) is 6.54. The monoisotopic (exact) mass is 486 g/mol. The van der Waals surface area contributed by atoms with Crippen molar-refractivity contribution in [3.63, 3.8) is 0 Å². The zero-order chi connectivity index (χ0) is 24.9. The lowest BCUT2D eigenvalue weighted by molar-refractivity contribution is -0.136. The quantitative estimate of drug-likeness (QED) is 0.525. The molecule has 0 spiro atoms. The Balaban J connectivity index is 1.98. The smallest absolute Gasteiger partial charge is 0.338 e. The molecule has 0 radical (unpaired) electrons. The third-order valence-electron chi connectivity index (χ3n) is 5.34. The molecule has 0 saturated heterocycles. The third kappa shape index (κ3) is 5.96. The molecule has 8 nitrogen and oxygen atoms in total. The second-order valence-electron chi connectivity index (χ2n) is 8.42. The molecule has 1 aliphatic heterocycles. The van der Waals surface area contributed by atoms with Gasteiger partial charge < -0.3 is 20.1 Å². The van der Waals surface area contributed by atoms with Crippen LogP contribution in [0.15, 0.2) is 64.7 Å². The summed E-state index contributed by atoms with van der Waals surface area (Å²) in [5.41, 5.74) is 1.65. The van der Waals surface area contributed by atoms with Crippen molar-refractivity contribution in [2.24, 2.45) is 5.92 Å². The Bertz CT molecular complexity index is 1170.